The van der Waals surface area contributed by atoms with Crippen molar-refractivity contribution in [3.63, 3.8) is 0 Å². The van der Waals surface area contributed by atoms with E-state index in [2.05, 4.69) is 15.5 Å². The molecule has 2 N–H and O–H groups in total. The van der Waals surface area contributed by atoms with Gasteiger partial charge in [-0.3, -0.25) is 9.89 Å². The van der Waals surface area contributed by atoms with Gasteiger partial charge < -0.3 is 5.32 Å². The monoisotopic (exact) mass is 181 g/mol. The Morgan fingerprint density at radius 3 is 2.46 bits per heavy atom. The van der Waals surface area contributed by atoms with Crippen LogP contribution in [-0.4, -0.2) is 22.1 Å². The number of nitrogens with zero attached hydrogens (tertiary/aromatic N) is 1. The number of hydrogen-bond donors (Lipinski definition) is 2. The summed E-state index contributed by atoms with van der Waals surface area (Å²) in [5.41, 5.74) is 2.35. The van der Waals surface area contributed by atoms with Gasteiger partial charge in [0.15, 0.2) is 5.69 Å². The fraction of sp³-hybridized carbons (Fsp3) is 0.556. The van der Waals surface area contributed by atoms with Crippen molar-refractivity contribution < 1.29 is 4.79 Å². The van der Waals surface area contributed by atoms with Crippen LogP contribution in [0.4, 0.5) is 0 Å². The lowest BCUT2D eigenvalue weighted by atomic mass is 10.2. The van der Waals surface area contributed by atoms with Crippen LogP contribution in [0.25, 0.3) is 0 Å². The molecular formula is C9H15N3O. The van der Waals surface area contributed by atoms with Crippen LogP contribution in [0.5, 0.6) is 0 Å². The second-order valence-corrected chi connectivity index (χ2v) is 3.45. The summed E-state index contributed by atoms with van der Waals surface area (Å²) >= 11 is 0. The van der Waals surface area contributed by atoms with E-state index in [4.69, 9.17) is 0 Å². The summed E-state index contributed by atoms with van der Waals surface area (Å²) < 4.78 is 0. The molecule has 0 atom stereocenters. The molecule has 0 aromatic carbocycles. The third kappa shape index (κ3) is 2.08. The molecule has 4 heteroatoms. The minimum atomic E-state index is -0.114. The summed E-state index contributed by atoms with van der Waals surface area (Å²) in [6.45, 7) is 7.63. The van der Waals surface area contributed by atoms with Crippen molar-refractivity contribution in [3.8, 4) is 0 Å². The van der Waals surface area contributed by atoms with Gasteiger partial charge in [-0.05, 0) is 27.7 Å². The van der Waals surface area contributed by atoms with Gasteiger partial charge in [-0.2, -0.15) is 5.10 Å². The summed E-state index contributed by atoms with van der Waals surface area (Å²) in [4.78, 5) is 11.5. The van der Waals surface area contributed by atoms with Gasteiger partial charge in [0, 0.05) is 17.3 Å². The molecule has 0 aliphatic carbocycles. The number of carbonyl (C=O) groups excluding carboxylic acids is 1. The first kappa shape index (κ1) is 9.77. The van der Waals surface area contributed by atoms with Gasteiger partial charge in [-0.25, -0.2) is 0 Å². The van der Waals surface area contributed by atoms with Crippen LogP contribution < -0.4 is 5.32 Å². The highest BCUT2D eigenvalue weighted by atomic mass is 16.2. The SMILES string of the molecule is Cc1[nH]nc(C(=O)NC(C)C)c1C. The van der Waals surface area contributed by atoms with E-state index in [1.54, 1.807) is 0 Å². The zero-order valence-electron chi connectivity index (χ0n) is 8.43. The van der Waals surface area contributed by atoms with Gasteiger partial charge in [0.1, 0.15) is 0 Å². The van der Waals surface area contributed by atoms with Crippen molar-refractivity contribution in [2.75, 3.05) is 0 Å². The molecule has 4 nitrogen and oxygen atoms in total. The molecule has 0 radical (unpaired) electrons. The number of hydrogen-bond acceptors (Lipinski definition) is 2. The normalized spacial score (nSPS) is 10.5. The zero-order chi connectivity index (χ0) is 10.0. The Balaban J connectivity index is 2.83. The van der Waals surface area contributed by atoms with Crippen molar-refractivity contribution in [3.05, 3.63) is 17.0 Å². The van der Waals surface area contributed by atoms with Crippen LogP contribution in [0.3, 0.4) is 0 Å². The predicted molar refractivity (Wildman–Crippen MR) is 50.7 cm³/mol. The molecule has 0 aliphatic rings. The van der Waals surface area contributed by atoms with Crippen molar-refractivity contribution >= 4 is 5.91 Å². The Labute approximate surface area is 77.7 Å². The quantitative estimate of drug-likeness (QED) is 0.719. The Kier molecular flexibility index (Phi) is 2.70. The van der Waals surface area contributed by atoms with Crippen LogP contribution >= 0.6 is 0 Å². The molecule has 0 aliphatic heterocycles. The van der Waals surface area contributed by atoms with Gasteiger partial charge in [0.25, 0.3) is 5.91 Å². The number of H-pyrrole nitrogens is 1. The van der Waals surface area contributed by atoms with Crippen LogP contribution in [0.15, 0.2) is 0 Å². The fourth-order valence-corrected chi connectivity index (χ4v) is 1.04. The maximum Gasteiger partial charge on any atom is 0.272 e. The Hall–Kier alpha value is -1.32. The first-order valence-corrected chi connectivity index (χ1v) is 4.34. The Morgan fingerprint density at radius 2 is 2.08 bits per heavy atom. The van der Waals surface area contributed by atoms with Crippen LogP contribution in [0.2, 0.25) is 0 Å². The molecule has 1 aromatic rings. The third-order valence-electron chi connectivity index (χ3n) is 1.89. The molecule has 0 spiro atoms. The maximum absolute atomic E-state index is 11.5. The van der Waals surface area contributed by atoms with E-state index in [1.807, 2.05) is 27.7 Å². The molecule has 0 bridgehead atoms. The van der Waals surface area contributed by atoms with E-state index < -0.39 is 0 Å². The molecule has 0 unspecified atom stereocenters. The van der Waals surface area contributed by atoms with Crippen molar-refractivity contribution in [1.29, 1.82) is 0 Å². The van der Waals surface area contributed by atoms with Crippen molar-refractivity contribution in [2.45, 2.75) is 33.7 Å². The fourth-order valence-electron chi connectivity index (χ4n) is 1.04. The molecule has 1 rings (SSSR count). The highest BCUT2D eigenvalue weighted by Gasteiger charge is 2.14. The first-order chi connectivity index (χ1) is 6.02. The highest BCUT2D eigenvalue weighted by molar-refractivity contribution is 5.93. The van der Waals surface area contributed by atoms with E-state index in [-0.39, 0.29) is 11.9 Å². The third-order valence-corrected chi connectivity index (χ3v) is 1.89. The molecule has 13 heavy (non-hydrogen) atoms. The van der Waals surface area contributed by atoms with E-state index in [0.717, 1.165) is 11.3 Å². The average molecular weight is 181 g/mol. The molecule has 72 valence electrons. The van der Waals surface area contributed by atoms with Gasteiger partial charge >= 0.3 is 0 Å². The second kappa shape index (κ2) is 3.60. The average Bonchev–Trinajstić information content (AvgIpc) is 2.31. The van der Waals surface area contributed by atoms with Gasteiger partial charge in [-0.1, -0.05) is 0 Å². The van der Waals surface area contributed by atoms with Gasteiger partial charge in [-0.15, -0.1) is 0 Å². The number of carbonyl (C=O) groups is 1. The maximum atomic E-state index is 11.5. The van der Waals surface area contributed by atoms with Gasteiger partial charge in [0.05, 0.1) is 0 Å². The Morgan fingerprint density at radius 1 is 1.46 bits per heavy atom. The van der Waals surface area contributed by atoms with E-state index in [9.17, 15) is 4.79 Å². The van der Waals surface area contributed by atoms with Crippen molar-refractivity contribution in [1.82, 2.24) is 15.5 Å². The summed E-state index contributed by atoms with van der Waals surface area (Å²) in [6, 6.07) is 0.143. The van der Waals surface area contributed by atoms with E-state index in [1.165, 1.54) is 0 Å². The minimum Gasteiger partial charge on any atom is -0.348 e. The predicted octanol–water partition coefficient (Wildman–Crippen LogP) is 1.16. The van der Waals surface area contributed by atoms with Gasteiger partial charge in [0.2, 0.25) is 0 Å². The molecule has 0 saturated heterocycles. The largest absolute Gasteiger partial charge is 0.348 e. The van der Waals surface area contributed by atoms with Crippen molar-refractivity contribution in [2.24, 2.45) is 0 Å². The second-order valence-electron chi connectivity index (χ2n) is 3.45. The molecular weight excluding hydrogens is 166 g/mol. The van der Waals surface area contributed by atoms with Crippen LogP contribution in [-0.2, 0) is 0 Å². The molecule has 1 heterocycles. The first-order valence-electron chi connectivity index (χ1n) is 4.34. The molecule has 1 amide bonds. The molecule has 0 fully saturated rings. The lowest BCUT2D eigenvalue weighted by molar-refractivity contribution is 0.0937. The minimum absolute atomic E-state index is 0.114. The highest BCUT2D eigenvalue weighted by Crippen LogP contribution is 2.07. The number of rotatable bonds is 2. The summed E-state index contributed by atoms with van der Waals surface area (Å²) in [7, 11) is 0. The number of aromatic nitrogens is 2. The van der Waals surface area contributed by atoms with Crippen LogP contribution in [0.1, 0.15) is 35.6 Å². The van der Waals surface area contributed by atoms with E-state index in [0.29, 0.717) is 5.69 Å². The smallest absolute Gasteiger partial charge is 0.272 e. The lowest BCUT2D eigenvalue weighted by Crippen LogP contribution is -2.30. The standard InChI is InChI=1S/C9H15N3O/c1-5(2)10-9(13)8-6(3)7(4)11-12-8/h5H,1-4H3,(H,10,13)(H,11,12). The van der Waals surface area contributed by atoms with Crippen LogP contribution in [0, 0.1) is 13.8 Å². The number of aromatic amines is 1. The Bertz CT molecular complexity index is 315. The summed E-state index contributed by atoms with van der Waals surface area (Å²) in [5, 5.41) is 9.50. The zero-order valence-corrected chi connectivity index (χ0v) is 8.43. The lowest BCUT2D eigenvalue weighted by Gasteiger charge is -2.06. The molecule has 0 saturated carbocycles. The number of amides is 1. The number of nitrogens with one attached hydrogen (secondary N) is 2. The van der Waals surface area contributed by atoms with E-state index >= 15 is 0 Å². The summed E-state index contributed by atoms with van der Waals surface area (Å²) in [5.74, 6) is -0.114. The summed E-state index contributed by atoms with van der Waals surface area (Å²) in [6.07, 6.45) is 0. The molecule has 1 aromatic heterocycles. The number of aryl methyl sites for hydroxylation is 1. The topological polar surface area (TPSA) is 57.8 Å².